The number of hydrogen-bond acceptors (Lipinski definition) is 3. The average Bonchev–Trinajstić information content (AvgIpc) is 2.37. The van der Waals surface area contributed by atoms with Crippen molar-refractivity contribution < 1.29 is 14.4 Å². The zero-order valence-electron chi connectivity index (χ0n) is 14.0. The maximum absolute atomic E-state index is 12.3. The summed E-state index contributed by atoms with van der Waals surface area (Å²) in [7, 11) is 0. The SMILES string of the molecule is CC(=O)c1ccc(NC(=O)C(C)(C)C(=O)NC(C)(C)C)cc1. The van der Waals surface area contributed by atoms with Crippen LogP contribution in [-0.4, -0.2) is 23.1 Å². The minimum Gasteiger partial charge on any atom is -0.351 e. The molecule has 0 bridgehead atoms. The first kappa shape index (κ1) is 17.9. The maximum atomic E-state index is 12.3. The molecule has 0 aliphatic carbocycles. The molecule has 0 fully saturated rings. The number of benzene rings is 1. The molecule has 0 radical (unpaired) electrons. The second kappa shape index (κ2) is 6.30. The van der Waals surface area contributed by atoms with Gasteiger partial charge >= 0.3 is 0 Å². The summed E-state index contributed by atoms with van der Waals surface area (Å²) in [5.74, 6) is -0.773. The van der Waals surface area contributed by atoms with Gasteiger partial charge in [0.05, 0.1) is 0 Å². The fourth-order valence-corrected chi connectivity index (χ4v) is 1.68. The van der Waals surface area contributed by atoms with Crippen molar-refractivity contribution in [1.82, 2.24) is 5.32 Å². The highest BCUT2D eigenvalue weighted by atomic mass is 16.2. The van der Waals surface area contributed by atoms with E-state index in [2.05, 4.69) is 10.6 Å². The molecule has 5 nitrogen and oxygen atoms in total. The Kier molecular flexibility index (Phi) is 5.12. The van der Waals surface area contributed by atoms with E-state index in [9.17, 15) is 14.4 Å². The maximum Gasteiger partial charge on any atom is 0.239 e. The molecular weight excluding hydrogens is 280 g/mol. The third-order valence-corrected chi connectivity index (χ3v) is 3.17. The minimum absolute atomic E-state index is 0.0391. The summed E-state index contributed by atoms with van der Waals surface area (Å²) in [6.45, 7) is 10.2. The van der Waals surface area contributed by atoms with Gasteiger partial charge in [-0.15, -0.1) is 0 Å². The van der Waals surface area contributed by atoms with E-state index in [1.165, 1.54) is 6.92 Å². The van der Waals surface area contributed by atoms with E-state index in [4.69, 9.17) is 0 Å². The highest BCUT2D eigenvalue weighted by Crippen LogP contribution is 2.20. The van der Waals surface area contributed by atoms with Gasteiger partial charge in [0.25, 0.3) is 0 Å². The Balaban J connectivity index is 2.82. The van der Waals surface area contributed by atoms with Gasteiger partial charge in [0.15, 0.2) is 5.78 Å². The summed E-state index contributed by atoms with van der Waals surface area (Å²) >= 11 is 0. The molecule has 120 valence electrons. The highest BCUT2D eigenvalue weighted by molar-refractivity contribution is 6.10. The van der Waals surface area contributed by atoms with E-state index in [0.717, 1.165) is 0 Å². The Morgan fingerprint density at radius 1 is 0.864 bits per heavy atom. The molecule has 1 aromatic rings. The van der Waals surface area contributed by atoms with Gasteiger partial charge in [-0.25, -0.2) is 0 Å². The smallest absolute Gasteiger partial charge is 0.239 e. The molecule has 0 saturated heterocycles. The van der Waals surface area contributed by atoms with Gasteiger partial charge in [-0.3, -0.25) is 14.4 Å². The van der Waals surface area contributed by atoms with E-state index in [1.807, 2.05) is 20.8 Å². The Hall–Kier alpha value is -2.17. The van der Waals surface area contributed by atoms with E-state index in [0.29, 0.717) is 11.3 Å². The Morgan fingerprint density at radius 2 is 1.36 bits per heavy atom. The molecule has 0 aliphatic rings. The number of carbonyl (C=O) groups is 3. The molecule has 2 amide bonds. The number of amides is 2. The zero-order chi connectivity index (χ0) is 17.1. The van der Waals surface area contributed by atoms with E-state index < -0.39 is 16.9 Å². The number of Topliss-reactive ketones (excluding diaryl/α,β-unsaturated/α-hetero) is 1. The van der Waals surface area contributed by atoms with Crippen molar-refractivity contribution in [3.05, 3.63) is 29.8 Å². The van der Waals surface area contributed by atoms with Gasteiger partial charge in [0, 0.05) is 16.8 Å². The second-order valence-electron chi connectivity index (χ2n) is 6.92. The van der Waals surface area contributed by atoms with Crippen LogP contribution < -0.4 is 10.6 Å². The molecule has 0 aliphatic heterocycles. The topological polar surface area (TPSA) is 75.3 Å². The Labute approximate surface area is 131 Å². The van der Waals surface area contributed by atoms with Crippen molar-refractivity contribution in [2.45, 2.75) is 47.1 Å². The van der Waals surface area contributed by atoms with Gasteiger partial charge in [0.1, 0.15) is 5.41 Å². The number of rotatable bonds is 4. The first-order valence-electron chi connectivity index (χ1n) is 7.18. The number of carbonyl (C=O) groups excluding carboxylic acids is 3. The molecule has 0 aromatic heterocycles. The summed E-state index contributed by atoms with van der Waals surface area (Å²) in [5, 5.41) is 5.51. The molecular formula is C17H24N2O3. The first-order chi connectivity index (χ1) is 9.93. The molecule has 5 heteroatoms. The first-order valence-corrected chi connectivity index (χ1v) is 7.18. The van der Waals surface area contributed by atoms with Crippen LogP contribution in [0, 0.1) is 5.41 Å². The Bertz CT molecular complexity index is 581. The van der Waals surface area contributed by atoms with Gasteiger partial charge < -0.3 is 10.6 Å². The number of anilines is 1. The van der Waals surface area contributed by atoms with Gasteiger partial charge in [-0.05, 0) is 65.8 Å². The molecule has 2 N–H and O–H groups in total. The van der Waals surface area contributed by atoms with Crippen LogP contribution in [0.2, 0.25) is 0 Å². The average molecular weight is 304 g/mol. The van der Waals surface area contributed by atoms with Crippen LogP contribution in [0.5, 0.6) is 0 Å². The van der Waals surface area contributed by atoms with Gasteiger partial charge in [0.2, 0.25) is 11.8 Å². The minimum atomic E-state index is -1.20. The van der Waals surface area contributed by atoms with Crippen LogP contribution >= 0.6 is 0 Å². The molecule has 22 heavy (non-hydrogen) atoms. The molecule has 0 saturated carbocycles. The summed E-state index contributed by atoms with van der Waals surface area (Å²) in [6, 6.07) is 6.57. The lowest BCUT2D eigenvalue weighted by Crippen LogP contribution is -2.51. The van der Waals surface area contributed by atoms with Crippen molar-refractivity contribution in [1.29, 1.82) is 0 Å². The molecule has 0 spiro atoms. The van der Waals surface area contributed by atoms with Crippen LogP contribution in [-0.2, 0) is 9.59 Å². The number of nitrogens with one attached hydrogen (secondary N) is 2. The lowest BCUT2D eigenvalue weighted by atomic mass is 9.89. The summed E-state index contributed by atoms with van der Waals surface area (Å²) in [4.78, 5) is 35.8. The van der Waals surface area contributed by atoms with Crippen LogP contribution in [0.3, 0.4) is 0 Å². The third kappa shape index (κ3) is 4.69. The molecule has 0 unspecified atom stereocenters. The Morgan fingerprint density at radius 3 is 1.77 bits per heavy atom. The third-order valence-electron chi connectivity index (χ3n) is 3.17. The highest BCUT2D eigenvalue weighted by Gasteiger charge is 2.37. The van der Waals surface area contributed by atoms with E-state index in [-0.39, 0.29) is 11.7 Å². The van der Waals surface area contributed by atoms with Crippen LogP contribution in [0.25, 0.3) is 0 Å². The predicted octanol–water partition coefficient (Wildman–Crippen LogP) is 2.77. The van der Waals surface area contributed by atoms with Crippen LogP contribution in [0.15, 0.2) is 24.3 Å². The van der Waals surface area contributed by atoms with Crippen molar-refractivity contribution in [3.63, 3.8) is 0 Å². The fourth-order valence-electron chi connectivity index (χ4n) is 1.68. The molecule has 0 atom stereocenters. The standard InChI is InChI=1S/C17H24N2O3/c1-11(20)12-7-9-13(10-8-12)18-14(21)17(5,6)15(22)19-16(2,3)4/h7-10H,1-6H3,(H,18,21)(H,19,22). The molecule has 0 heterocycles. The summed E-state index contributed by atoms with van der Waals surface area (Å²) in [5.41, 5.74) is -0.487. The lowest BCUT2D eigenvalue weighted by Gasteiger charge is -2.28. The van der Waals surface area contributed by atoms with E-state index in [1.54, 1.807) is 38.1 Å². The van der Waals surface area contributed by atoms with Gasteiger partial charge in [-0.2, -0.15) is 0 Å². The number of hydrogen-bond donors (Lipinski definition) is 2. The largest absolute Gasteiger partial charge is 0.351 e. The second-order valence-corrected chi connectivity index (χ2v) is 6.92. The quantitative estimate of drug-likeness (QED) is 0.663. The monoisotopic (exact) mass is 304 g/mol. The van der Waals surface area contributed by atoms with Crippen molar-refractivity contribution in [3.8, 4) is 0 Å². The molecule has 1 aromatic carbocycles. The fraction of sp³-hybridized carbons (Fsp3) is 0.471. The number of ketones is 1. The lowest BCUT2D eigenvalue weighted by molar-refractivity contribution is -0.139. The van der Waals surface area contributed by atoms with Crippen LogP contribution in [0.4, 0.5) is 5.69 Å². The molecule has 1 rings (SSSR count). The summed E-state index contributed by atoms with van der Waals surface area (Å²) < 4.78 is 0. The van der Waals surface area contributed by atoms with Crippen molar-refractivity contribution in [2.75, 3.05) is 5.32 Å². The van der Waals surface area contributed by atoms with Crippen LogP contribution in [0.1, 0.15) is 51.9 Å². The van der Waals surface area contributed by atoms with Crippen molar-refractivity contribution in [2.24, 2.45) is 5.41 Å². The predicted molar refractivity (Wildman–Crippen MR) is 86.8 cm³/mol. The van der Waals surface area contributed by atoms with Gasteiger partial charge in [-0.1, -0.05) is 0 Å². The van der Waals surface area contributed by atoms with Crippen molar-refractivity contribution >= 4 is 23.3 Å². The van der Waals surface area contributed by atoms with E-state index >= 15 is 0 Å². The summed E-state index contributed by atoms with van der Waals surface area (Å²) in [6.07, 6.45) is 0. The normalized spacial score (nSPS) is 11.7. The zero-order valence-corrected chi connectivity index (χ0v) is 14.0.